The van der Waals surface area contributed by atoms with E-state index in [2.05, 4.69) is 5.32 Å². The van der Waals surface area contributed by atoms with Crippen molar-refractivity contribution >= 4 is 27.5 Å². The first-order valence-electron chi connectivity index (χ1n) is 11.8. The van der Waals surface area contributed by atoms with Crippen LogP contribution in [-0.2, 0) is 26.2 Å². The first kappa shape index (κ1) is 28.3. The first-order valence-corrected chi connectivity index (χ1v) is 13.7. The molecule has 0 saturated heterocycles. The number of amides is 2. The summed E-state index contributed by atoms with van der Waals surface area (Å²) in [5, 5.41) is 2.93. The molecular weight excluding hydrogens is 469 g/mol. The van der Waals surface area contributed by atoms with Gasteiger partial charge in [0.25, 0.3) is 0 Å². The van der Waals surface area contributed by atoms with Crippen molar-refractivity contribution in [3.63, 3.8) is 0 Å². The van der Waals surface area contributed by atoms with E-state index in [0.717, 1.165) is 28.1 Å². The number of hydrogen-bond acceptors (Lipinski definition) is 4. The van der Waals surface area contributed by atoms with Crippen molar-refractivity contribution in [3.05, 3.63) is 65.5 Å². The van der Waals surface area contributed by atoms with Gasteiger partial charge in [0.05, 0.1) is 11.9 Å². The zero-order valence-corrected chi connectivity index (χ0v) is 21.9. The highest BCUT2D eigenvalue weighted by molar-refractivity contribution is 7.92. The summed E-state index contributed by atoms with van der Waals surface area (Å²) in [7, 11) is -3.63. The van der Waals surface area contributed by atoms with E-state index in [-0.39, 0.29) is 43.8 Å². The van der Waals surface area contributed by atoms with E-state index in [1.165, 1.54) is 29.2 Å². The zero-order chi connectivity index (χ0) is 26.2. The van der Waals surface area contributed by atoms with Gasteiger partial charge < -0.3 is 10.2 Å². The van der Waals surface area contributed by atoms with Crippen molar-refractivity contribution in [2.24, 2.45) is 0 Å². The number of hydrogen-bond donors (Lipinski definition) is 1. The Balaban J connectivity index is 2.15. The molecular formula is C26H36FN3O4S. The number of halogens is 1. The van der Waals surface area contributed by atoms with Gasteiger partial charge >= 0.3 is 0 Å². The smallest absolute Gasteiger partial charge is 0.242 e. The number of rotatable bonds is 12. The van der Waals surface area contributed by atoms with Gasteiger partial charge in [-0.05, 0) is 63.4 Å². The van der Waals surface area contributed by atoms with E-state index in [1.54, 1.807) is 6.92 Å². The van der Waals surface area contributed by atoms with Gasteiger partial charge in [-0.1, -0.05) is 36.8 Å². The fourth-order valence-corrected chi connectivity index (χ4v) is 4.51. The summed E-state index contributed by atoms with van der Waals surface area (Å²) in [5.41, 5.74) is 2.33. The number of carbonyl (C=O) groups is 2. The minimum atomic E-state index is -3.63. The Kier molecular flexibility index (Phi) is 10.2. The Labute approximate surface area is 208 Å². The normalized spacial score (nSPS) is 13.1. The van der Waals surface area contributed by atoms with Crippen molar-refractivity contribution in [1.82, 2.24) is 10.2 Å². The van der Waals surface area contributed by atoms with Crippen molar-refractivity contribution < 1.29 is 22.4 Å². The highest BCUT2D eigenvalue weighted by Crippen LogP contribution is 2.20. The lowest BCUT2D eigenvalue weighted by atomic mass is 10.1. The second kappa shape index (κ2) is 12.7. The number of nitrogens with one attached hydrogen (secondary N) is 1. The van der Waals surface area contributed by atoms with Crippen LogP contribution in [0.1, 0.15) is 51.2 Å². The molecule has 0 unspecified atom stereocenters. The fourth-order valence-electron chi connectivity index (χ4n) is 3.55. The molecule has 0 bridgehead atoms. The molecule has 2 amide bonds. The van der Waals surface area contributed by atoms with Gasteiger partial charge in [0.15, 0.2) is 0 Å². The van der Waals surface area contributed by atoms with E-state index < -0.39 is 21.9 Å². The molecule has 2 aromatic rings. The predicted molar refractivity (Wildman–Crippen MR) is 137 cm³/mol. The number of benzene rings is 2. The summed E-state index contributed by atoms with van der Waals surface area (Å²) in [6.45, 7) is 7.88. The first-order chi connectivity index (χ1) is 16.4. The summed E-state index contributed by atoms with van der Waals surface area (Å²) >= 11 is 0. The lowest BCUT2D eigenvalue weighted by Crippen LogP contribution is -2.49. The molecule has 35 heavy (non-hydrogen) atoms. The minimum Gasteiger partial charge on any atom is -0.352 e. The van der Waals surface area contributed by atoms with Crippen molar-refractivity contribution in [2.75, 3.05) is 17.1 Å². The average molecular weight is 506 g/mol. The molecule has 2 atom stereocenters. The van der Waals surface area contributed by atoms with Crippen molar-refractivity contribution in [1.29, 1.82) is 0 Å². The molecule has 2 aromatic carbocycles. The van der Waals surface area contributed by atoms with Crippen LogP contribution in [0.3, 0.4) is 0 Å². The van der Waals surface area contributed by atoms with Gasteiger partial charge in [0.1, 0.15) is 11.9 Å². The Hall–Kier alpha value is -2.94. The van der Waals surface area contributed by atoms with Gasteiger partial charge in [-0.3, -0.25) is 13.9 Å². The summed E-state index contributed by atoms with van der Waals surface area (Å²) in [6.07, 6.45) is 2.14. The van der Waals surface area contributed by atoms with Gasteiger partial charge in [0.2, 0.25) is 21.8 Å². The topological polar surface area (TPSA) is 86.8 Å². The standard InChI is InChI=1S/C26H36FN3O4S/c1-6-20(3)28-26(32)21(4)29(18-22-11-9-19(2)10-12-22)25(31)8-7-17-30(35(5,33)34)24-15-13-23(27)14-16-24/h9-16,20-21H,6-8,17-18H2,1-5H3,(H,28,32)/t20-,21-/m0/s1. The second-order valence-corrected chi connectivity index (χ2v) is 10.8. The van der Waals surface area contributed by atoms with E-state index in [9.17, 15) is 22.4 Å². The molecule has 0 aliphatic rings. The van der Waals surface area contributed by atoms with E-state index >= 15 is 0 Å². The number of aryl methyl sites for hydroxylation is 1. The average Bonchev–Trinajstić information content (AvgIpc) is 2.80. The Bertz CT molecular complexity index is 1090. The van der Waals surface area contributed by atoms with E-state index in [4.69, 9.17) is 0 Å². The van der Waals surface area contributed by atoms with Crippen LogP contribution >= 0.6 is 0 Å². The van der Waals surface area contributed by atoms with Crippen molar-refractivity contribution in [3.8, 4) is 0 Å². The maximum Gasteiger partial charge on any atom is 0.242 e. The lowest BCUT2D eigenvalue weighted by Gasteiger charge is -2.30. The lowest BCUT2D eigenvalue weighted by molar-refractivity contribution is -0.140. The number of nitrogens with zero attached hydrogens (tertiary/aromatic N) is 2. The molecule has 2 rings (SSSR count). The molecule has 0 radical (unpaired) electrons. The van der Waals surface area contributed by atoms with E-state index in [0.29, 0.717) is 5.69 Å². The van der Waals surface area contributed by atoms with E-state index in [1.807, 2.05) is 45.0 Å². The fraction of sp³-hybridized carbons (Fsp3) is 0.462. The van der Waals surface area contributed by atoms with Crippen LogP contribution in [0, 0.1) is 12.7 Å². The number of anilines is 1. The molecule has 9 heteroatoms. The number of carbonyl (C=O) groups excluding carboxylic acids is 2. The largest absolute Gasteiger partial charge is 0.352 e. The second-order valence-electron chi connectivity index (χ2n) is 8.92. The SMILES string of the molecule is CC[C@H](C)NC(=O)[C@H](C)N(Cc1ccc(C)cc1)C(=O)CCCN(c1ccc(F)cc1)S(C)(=O)=O. The van der Waals surface area contributed by atoms with Gasteiger partial charge in [-0.25, -0.2) is 12.8 Å². The van der Waals surface area contributed by atoms with Crippen LogP contribution < -0.4 is 9.62 Å². The van der Waals surface area contributed by atoms with Crippen LogP contribution in [0.4, 0.5) is 10.1 Å². The highest BCUT2D eigenvalue weighted by Gasteiger charge is 2.27. The predicted octanol–water partition coefficient (Wildman–Crippen LogP) is 4.01. The summed E-state index contributed by atoms with van der Waals surface area (Å²) in [6, 6.07) is 12.2. The Morgan fingerprint density at radius 1 is 1.03 bits per heavy atom. The quantitative estimate of drug-likeness (QED) is 0.472. The van der Waals surface area contributed by atoms with Crippen LogP contribution in [-0.4, -0.2) is 50.0 Å². The third-order valence-electron chi connectivity index (χ3n) is 5.91. The summed E-state index contributed by atoms with van der Waals surface area (Å²) < 4.78 is 39.1. The maximum absolute atomic E-state index is 13.3. The monoisotopic (exact) mass is 505 g/mol. The summed E-state index contributed by atoms with van der Waals surface area (Å²) in [5.74, 6) is -0.942. The van der Waals surface area contributed by atoms with Crippen LogP contribution in [0.15, 0.2) is 48.5 Å². The molecule has 7 nitrogen and oxygen atoms in total. The van der Waals surface area contributed by atoms with Crippen LogP contribution in [0.5, 0.6) is 0 Å². The van der Waals surface area contributed by atoms with Crippen LogP contribution in [0.2, 0.25) is 0 Å². The summed E-state index contributed by atoms with van der Waals surface area (Å²) in [4.78, 5) is 27.6. The molecule has 0 saturated carbocycles. The molecule has 1 N–H and O–H groups in total. The van der Waals surface area contributed by atoms with Crippen LogP contribution in [0.25, 0.3) is 0 Å². The molecule has 0 aliphatic carbocycles. The van der Waals surface area contributed by atoms with Gasteiger partial charge in [0, 0.05) is 25.6 Å². The Morgan fingerprint density at radius 2 is 1.63 bits per heavy atom. The molecule has 0 aromatic heterocycles. The maximum atomic E-state index is 13.3. The zero-order valence-electron chi connectivity index (χ0n) is 21.1. The molecule has 0 heterocycles. The molecule has 0 aliphatic heterocycles. The van der Waals surface area contributed by atoms with Gasteiger partial charge in [-0.15, -0.1) is 0 Å². The third-order valence-corrected chi connectivity index (χ3v) is 7.10. The third kappa shape index (κ3) is 8.65. The van der Waals surface area contributed by atoms with Gasteiger partial charge in [-0.2, -0.15) is 0 Å². The molecule has 192 valence electrons. The minimum absolute atomic E-state index is 0.0136. The highest BCUT2D eigenvalue weighted by atomic mass is 32.2. The Morgan fingerprint density at radius 3 is 2.17 bits per heavy atom. The molecule has 0 spiro atoms. The van der Waals surface area contributed by atoms with Crippen molar-refractivity contribution in [2.45, 2.75) is 65.6 Å². The molecule has 0 fully saturated rings. The number of sulfonamides is 1.